The summed E-state index contributed by atoms with van der Waals surface area (Å²) in [6.07, 6.45) is 6.90. The van der Waals surface area contributed by atoms with E-state index in [-0.39, 0.29) is 30.2 Å². The van der Waals surface area contributed by atoms with E-state index in [0.717, 1.165) is 45.6 Å². The van der Waals surface area contributed by atoms with E-state index in [1.165, 1.54) is 12.1 Å². The van der Waals surface area contributed by atoms with Crippen LogP contribution in [0.4, 0.5) is 9.18 Å². The van der Waals surface area contributed by atoms with Gasteiger partial charge in [0.15, 0.2) is 0 Å². The van der Waals surface area contributed by atoms with Gasteiger partial charge in [-0.1, -0.05) is 30.3 Å². The van der Waals surface area contributed by atoms with Crippen LogP contribution in [0.2, 0.25) is 0 Å². The molecule has 2 atom stereocenters. The fraction of sp³-hybridized carbons (Fsp3) is 0.379. The average molecular weight is 516 g/mol. The molecule has 4 amide bonds. The fourth-order valence-electron chi connectivity index (χ4n) is 5.85. The van der Waals surface area contributed by atoms with Crippen LogP contribution in [0.15, 0.2) is 54.9 Å². The van der Waals surface area contributed by atoms with Crippen molar-refractivity contribution in [3.8, 4) is 11.1 Å². The smallest absolute Gasteiger partial charge is 0.325 e. The highest BCUT2D eigenvalue weighted by Crippen LogP contribution is 2.43. The van der Waals surface area contributed by atoms with Crippen LogP contribution in [0.1, 0.15) is 42.9 Å². The number of rotatable bonds is 7. The number of fused-ring (bicyclic) bond motifs is 2. The minimum Gasteiger partial charge on any atom is -0.334 e. The lowest BCUT2D eigenvalue weighted by atomic mass is 9.90. The predicted molar refractivity (Wildman–Crippen MR) is 138 cm³/mol. The van der Waals surface area contributed by atoms with Gasteiger partial charge in [0.1, 0.15) is 17.9 Å². The highest BCUT2D eigenvalue weighted by atomic mass is 19.1. The normalized spacial score (nSPS) is 21.1. The molecule has 1 aromatic heterocycles. The number of hydrogen-bond donors (Lipinski definition) is 1. The number of amides is 4. The molecule has 6 rings (SSSR count). The number of benzene rings is 2. The van der Waals surface area contributed by atoms with Gasteiger partial charge in [0.05, 0.1) is 6.20 Å². The van der Waals surface area contributed by atoms with Gasteiger partial charge in [0.25, 0.3) is 5.91 Å². The van der Waals surface area contributed by atoms with Gasteiger partial charge in [-0.05, 0) is 72.9 Å². The zero-order valence-electron chi connectivity index (χ0n) is 21.5. The Labute approximate surface area is 220 Å². The van der Waals surface area contributed by atoms with Crippen LogP contribution in [0.5, 0.6) is 0 Å². The lowest BCUT2D eigenvalue weighted by Gasteiger charge is -2.31. The summed E-state index contributed by atoms with van der Waals surface area (Å²) in [5, 5.41) is 7.16. The molecule has 9 heteroatoms. The molecule has 38 heavy (non-hydrogen) atoms. The second-order valence-electron chi connectivity index (χ2n) is 10.7. The van der Waals surface area contributed by atoms with Crippen molar-refractivity contribution in [3.05, 3.63) is 77.4 Å². The van der Waals surface area contributed by atoms with E-state index in [2.05, 4.69) is 16.5 Å². The standard InChI is InChI=1S/C29H30FN5O3/c1-18(20-5-6-20)34(15-19-3-8-24(30)9-4-19)26(36)17-35-27(37)29(32-28(35)38)12-11-22-13-21(7-10-25(22)29)23-14-31-33(2)16-23/h3-4,7-10,13-14,16,18,20H,5-6,11-12,15,17H2,1-2H3,(H,32,38)/t18-,29+/m1/s1. The Morgan fingerprint density at radius 3 is 2.63 bits per heavy atom. The quantitative estimate of drug-likeness (QED) is 0.486. The summed E-state index contributed by atoms with van der Waals surface area (Å²) in [6.45, 7) is 1.97. The number of halogens is 1. The van der Waals surface area contributed by atoms with Crippen molar-refractivity contribution < 1.29 is 18.8 Å². The third kappa shape index (κ3) is 4.15. The molecule has 1 saturated heterocycles. The van der Waals surface area contributed by atoms with Crippen molar-refractivity contribution in [2.45, 2.75) is 50.7 Å². The predicted octanol–water partition coefficient (Wildman–Crippen LogP) is 3.75. The number of hydrogen-bond acceptors (Lipinski definition) is 4. The summed E-state index contributed by atoms with van der Waals surface area (Å²) in [5.41, 5.74) is 3.43. The summed E-state index contributed by atoms with van der Waals surface area (Å²) in [7, 11) is 1.86. The second-order valence-corrected chi connectivity index (χ2v) is 10.7. The molecule has 0 radical (unpaired) electrons. The van der Waals surface area contributed by atoms with Crippen LogP contribution in [-0.4, -0.2) is 50.0 Å². The van der Waals surface area contributed by atoms with Gasteiger partial charge in [-0.15, -0.1) is 0 Å². The Kier molecular flexibility index (Phi) is 5.81. The third-order valence-electron chi connectivity index (χ3n) is 8.22. The fourth-order valence-corrected chi connectivity index (χ4v) is 5.85. The van der Waals surface area contributed by atoms with Gasteiger partial charge < -0.3 is 10.2 Å². The minimum absolute atomic E-state index is 0.0413. The largest absolute Gasteiger partial charge is 0.334 e. The molecule has 1 saturated carbocycles. The van der Waals surface area contributed by atoms with Crippen LogP contribution in [0, 0.1) is 11.7 Å². The van der Waals surface area contributed by atoms with Gasteiger partial charge in [0.2, 0.25) is 5.91 Å². The Bertz CT molecular complexity index is 1430. The van der Waals surface area contributed by atoms with Crippen LogP contribution >= 0.6 is 0 Å². The first-order valence-electron chi connectivity index (χ1n) is 13.1. The summed E-state index contributed by atoms with van der Waals surface area (Å²) in [5.74, 6) is -0.621. The number of imide groups is 1. The van der Waals surface area contributed by atoms with E-state index >= 15 is 0 Å². The highest BCUT2D eigenvalue weighted by Gasteiger charge is 2.56. The topological polar surface area (TPSA) is 87.5 Å². The molecule has 196 valence electrons. The second kappa shape index (κ2) is 9.08. The summed E-state index contributed by atoms with van der Waals surface area (Å²) >= 11 is 0. The van der Waals surface area contributed by atoms with E-state index < -0.39 is 11.6 Å². The Morgan fingerprint density at radius 1 is 1.18 bits per heavy atom. The van der Waals surface area contributed by atoms with Gasteiger partial charge >= 0.3 is 6.03 Å². The first-order valence-corrected chi connectivity index (χ1v) is 13.1. The first kappa shape index (κ1) is 24.3. The number of carbonyl (C=O) groups is 3. The lowest BCUT2D eigenvalue weighted by molar-refractivity contribution is -0.141. The molecule has 3 aromatic rings. The van der Waals surface area contributed by atoms with Gasteiger partial charge in [-0.2, -0.15) is 5.10 Å². The molecule has 3 aliphatic rings. The molecule has 2 fully saturated rings. The highest BCUT2D eigenvalue weighted by molar-refractivity contribution is 6.10. The number of urea groups is 1. The molecule has 8 nitrogen and oxygen atoms in total. The molecular weight excluding hydrogens is 485 g/mol. The summed E-state index contributed by atoms with van der Waals surface area (Å²) < 4.78 is 15.2. The summed E-state index contributed by atoms with van der Waals surface area (Å²) in [6, 6.07) is 11.4. The maximum Gasteiger partial charge on any atom is 0.325 e. The number of nitrogens with zero attached hydrogens (tertiary/aromatic N) is 4. The maximum atomic E-state index is 13.7. The van der Waals surface area contributed by atoms with Crippen LogP contribution in [0.25, 0.3) is 11.1 Å². The van der Waals surface area contributed by atoms with E-state index in [0.29, 0.717) is 25.3 Å². The minimum atomic E-state index is -1.15. The van der Waals surface area contributed by atoms with E-state index in [1.807, 2.05) is 32.3 Å². The molecule has 1 N–H and O–H groups in total. The Balaban J connectivity index is 1.23. The molecule has 1 spiro atoms. The zero-order valence-corrected chi connectivity index (χ0v) is 21.5. The Morgan fingerprint density at radius 2 is 1.95 bits per heavy atom. The van der Waals surface area contributed by atoms with Gasteiger partial charge in [-0.3, -0.25) is 19.2 Å². The molecule has 0 unspecified atom stereocenters. The monoisotopic (exact) mass is 515 g/mol. The van der Waals surface area contributed by atoms with Crippen molar-refractivity contribution in [1.82, 2.24) is 24.9 Å². The van der Waals surface area contributed by atoms with E-state index in [1.54, 1.807) is 27.9 Å². The molecule has 2 heterocycles. The van der Waals surface area contributed by atoms with Crippen LogP contribution in [0.3, 0.4) is 0 Å². The van der Waals surface area contributed by atoms with Crippen molar-refractivity contribution >= 4 is 17.8 Å². The molecule has 2 aliphatic carbocycles. The number of nitrogens with one attached hydrogen (secondary N) is 1. The first-order chi connectivity index (χ1) is 18.2. The number of carbonyl (C=O) groups excluding carboxylic acids is 3. The molecule has 0 bridgehead atoms. The summed E-state index contributed by atoms with van der Waals surface area (Å²) in [4.78, 5) is 43.2. The van der Waals surface area contributed by atoms with Crippen LogP contribution < -0.4 is 5.32 Å². The van der Waals surface area contributed by atoms with Crippen molar-refractivity contribution in [2.24, 2.45) is 13.0 Å². The van der Waals surface area contributed by atoms with Crippen molar-refractivity contribution in [3.63, 3.8) is 0 Å². The lowest BCUT2D eigenvalue weighted by Crippen LogP contribution is -2.47. The van der Waals surface area contributed by atoms with E-state index in [9.17, 15) is 18.8 Å². The van der Waals surface area contributed by atoms with Gasteiger partial charge in [0, 0.05) is 31.4 Å². The number of aryl methyl sites for hydroxylation is 2. The van der Waals surface area contributed by atoms with Crippen molar-refractivity contribution in [2.75, 3.05) is 6.54 Å². The van der Waals surface area contributed by atoms with Crippen molar-refractivity contribution in [1.29, 1.82) is 0 Å². The van der Waals surface area contributed by atoms with E-state index in [4.69, 9.17) is 0 Å². The SMILES string of the molecule is C[C@H](C1CC1)N(Cc1ccc(F)cc1)C(=O)CN1C(=O)N[C@]2(CCc3cc(-c4cnn(C)c4)ccc32)C1=O. The van der Waals surface area contributed by atoms with Crippen LogP contribution in [-0.2, 0) is 35.1 Å². The Hall–Kier alpha value is -4.01. The zero-order chi connectivity index (χ0) is 26.6. The average Bonchev–Trinajstić information content (AvgIpc) is 3.51. The molecule has 1 aliphatic heterocycles. The van der Waals surface area contributed by atoms with Gasteiger partial charge in [-0.25, -0.2) is 9.18 Å². The third-order valence-corrected chi connectivity index (χ3v) is 8.22. The number of aromatic nitrogens is 2. The molecule has 2 aromatic carbocycles. The molecular formula is C29H30FN5O3. The maximum absolute atomic E-state index is 13.7.